The molecule has 0 radical (unpaired) electrons. The van der Waals surface area contributed by atoms with Crippen molar-refractivity contribution in [2.75, 3.05) is 27.9 Å². The SMILES string of the molecule is COc1cc(C(=O)C2CN=C(c3ccc(C)cc3)N2)cc(OC)c1OC. The maximum absolute atomic E-state index is 12.9. The zero-order chi connectivity index (χ0) is 18.7. The van der Waals surface area contributed by atoms with Gasteiger partial charge in [0.05, 0.1) is 27.9 Å². The number of aryl methyl sites for hydroxylation is 1. The third-order valence-electron chi connectivity index (χ3n) is 4.33. The Morgan fingerprint density at radius 1 is 1.04 bits per heavy atom. The van der Waals surface area contributed by atoms with Gasteiger partial charge in [0.25, 0.3) is 0 Å². The molecule has 0 amide bonds. The summed E-state index contributed by atoms with van der Waals surface area (Å²) in [6.45, 7) is 2.42. The first kappa shape index (κ1) is 17.8. The molecule has 1 heterocycles. The minimum absolute atomic E-state index is 0.0740. The lowest BCUT2D eigenvalue weighted by molar-refractivity contribution is 0.0959. The highest BCUT2D eigenvalue weighted by molar-refractivity contribution is 6.08. The number of hydrogen-bond acceptors (Lipinski definition) is 6. The van der Waals surface area contributed by atoms with E-state index < -0.39 is 6.04 Å². The highest BCUT2D eigenvalue weighted by Gasteiger charge is 2.28. The molecular weight excluding hydrogens is 332 g/mol. The number of carbonyl (C=O) groups excluding carboxylic acids is 1. The molecule has 0 bridgehead atoms. The molecule has 6 heteroatoms. The Kier molecular flexibility index (Phi) is 5.11. The summed E-state index contributed by atoms with van der Waals surface area (Å²) in [6, 6.07) is 10.9. The van der Waals surface area contributed by atoms with Crippen LogP contribution in [-0.2, 0) is 0 Å². The van der Waals surface area contributed by atoms with Crippen molar-refractivity contribution in [2.45, 2.75) is 13.0 Å². The molecule has 1 aliphatic heterocycles. The smallest absolute Gasteiger partial charge is 0.203 e. The molecule has 26 heavy (non-hydrogen) atoms. The molecule has 136 valence electrons. The van der Waals surface area contributed by atoms with E-state index in [1.54, 1.807) is 12.1 Å². The summed E-state index contributed by atoms with van der Waals surface area (Å²) in [5, 5.41) is 3.22. The second kappa shape index (κ2) is 7.47. The van der Waals surface area contributed by atoms with Crippen molar-refractivity contribution in [1.82, 2.24) is 5.32 Å². The molecule has 0 saturated heterocycles. The average molecular weight is 354 g/mol. The minimum Gasteiger partial charge on any atom is -0.493 e. The molecule has 2 aromatic rings. The summed E-state index contributed by atoms with van der Waals surface area (Å²) in [6.07, 6.45) is 0. The summed E-state index contributed by atoms with van der Waals surface area (Å²) in [5.74, 6) is 2.02. The van der Waals surface area contributed by atoms with E-state index >= 15 is 0 Å². The Bertz CT molecular complexity index is 818. The molecule has 0 spiro atoms. The zero-order valence-electron chi connectivity index (χ0n) is 15.3. The fraction of sp³-hybridized carbons (Fsp3) is 0.300. The Hall–Kier alpha value is -3.02. The van der Waals surface area contributed by atoms with Gasteiger partial charge in [-0.15, -0.1) is 0 Å². The molecule has 1 atom stereocenters. The van der Waals surface area contributed by atoms with Gasteiger partial charge in [-0.1, -0.05) is 29.8 Å². The molecule has 1 N–H and O–H groups in total. The van der Waals surface area contributed by atoms with Crippen LogP contribution in [0.1, 0.15) is 21.5 Å². The Morgan fingerprint density at radius 3 is 2.19 bits per heavy atom. The van der Waals surface area contributed by atoms with E-state index in [0.29, 0.717) is 29.4 Å². The van der Waals surface area contributed by atoms with Crippen molar-refractivity contribution >= 4 is 11.6 Å². The van der Waals surface area contributed by atoms with E-state index in [9.17, 15) is 4.79 Å². The van der Waals surface area contributed by atoms with Crippen molar-refractivity contribution in [1.29, 1.82) is 0 Å². The Balaban J connectivity index is 1.81. The third-order valence-corrected chi connectivity index (χ3v) is 4.33. The number of ether oxygens (including phenoxy) is 3. The molecule has 0 fully saturated rings. The van der Waals surface area contributed by atoms with Gasteiger partial charge in [-0.3, -0.25) is 9.79 Å². The van der Waals surface area contributed by atoms with Crippen LogP contribution >= 0.6 is 0 Å². The second-order valence-electron chi connectivity index (χ2n) is 6.03. The number of rotatable bonds is 6. The quantitative estimate of drug-likeness (QED) is 0.808. The van der Waals surface area contributed by atoms with Gasteiger partial charge in [0.15, 0.2) is 17.3 Å². The highest BCUT2D eigenvalue weighted by Crippen LogP contribution is 2.38. The number of Topliss-reactive ketones (excluding diaryl/α,β-unsaturated/α-hetero) is 1. The van der Waals surface area contributed by atoms with Crippen LogP contribution in [-0.4, -0.2) is 45.5 Å². The number of benzene rings is 2. The molecule has 2 aromatic carbocycles. The monoisotopic (exact) mass is 354 g/mol. The first-order valence-electron chi connectivity index (χ1n) is 8.29. The molecule has 6 nitrogen and oxygen atoms in total. The van der Waals surface area contributed by atoms with E-state index in [4.69, 9.17) is 14.2 Å². The van der Waals surface area contributed by atoms with Crippen molar-refractivity contribution in [3.05, 3.63) is 53.1 Å². The number of carbonyl (C=O) groups is 1. The van der Waals surface area contributed by atoms with Gasteiger partial charge in [-0.2, -0.15) is 0 Å². The predicted molar refractivity (Wildman–Crippen MR) is 99.9 cm³/mol. The van der Waals surface area contributed by atoms with Gasteiger partial charge < -0.3 is 19.5 Å². The largest absolute Gasteiger partial charge is 0.493 e. The van der Waals surface area contributed by atoms with Gasteiger partial charge in [0.2, 0.25) is 5.75 Å². The first-order valence-corrected chi connectivity index (χ1v) is 8.29. The second-order valence-corrected chi connectivity index (χ2v) is 6.03. The van der Waals surface area contributed by atoms with Crippen LogP contribution in [0.3, 0.4) is 0 Å². The zero-order valence-corrected chi connectivity index (χ0v) is 15.3. The third kappa shape index (κ3) is 3.35. The number of aliphatic imine (C=N–C) groups is 1. The van der Waals surface area contributed by atoms with Crippen LogP contribution in [0.15, 0.2) is 41.4 Å². The van der Waals surface area contributed by atoms with E-state index in [1.165, 1.54) is 26.9 Å². The maximum Gasteiger partial charge on any atom is 0.203 e. The molecular formula is C20H22N2O4. The van der Waals surface area contributed by atoms with Crippen molar-refractivity contribution < 1.29 is 19.0 Å². The van der Waals surface area contributed by atoms with Crippen LogP contribution in [0, 0.1) is 6.92 Å². The molecule has 1 aliphatic rings. The summed E-state index contributed by atoms with van der Waals surface area (Å²) in [5.41, 5.74) is 2.63. The topological polar surface area (TPSA) is 69.2 Å². The van der Waals surface area contributed by atoms with E-state index in [2.05, 4.69) is 10.3 Å². The lowest BCUT2D eigenvalue weighted by Gasteiger charge is -2.16. The summed E-state index contributed by atoms with van der Waals surface area (Å²) in [7, 11) is 4.58. The number of nitrogens with one attached hydrogen (secondary N) is 1. The molecule has 0 aliphatic carbocycles. The number of methoxy groups -OCH3 is 3. The van der Waals surface area contributed by atoms with Crippen molar-refractivity contribution in [3.63, 3.8) is 0 Å². The van der Waals surface area contributed by atoms with Crippen LogP contribution in [0.5, 0.6) is 17.2 Å². The van der Waals surface area contributed by atoms with Gasteiger partial charge in [0, 0.05) is 11.1 Å². The summed E-state index contributed by atoms with van der Waals surface area (Å²) in [4.78, 5) is 17.4. The van der Waals surface area contributed by atoms with E-state index in [-0.39, 0.29) is 5.78 Å². The van der Waals surface area contributed by atoms with Crippen LogP contribution in [0.2, 0.25) is 0 Å². The summed E-state index contributed by atoms with van der Waals surface area (Å²) < 4.78 is 16.0. The lowest BCUT2D eigenvalue weighted by Crippen LogP contribution is -2.37. The highest BCUT2D eigenvalue weighted by atomic mass is 16.5. The fourth-order valence-corrected chi connectivity index (χ4v) is 2.90. The van der Waals surface area contributed by atoms with E-state index in [1.807, 2.05) is 31.2 Å². The number of amidine groups is 1. The van der Waals surface area contributed by atoms with Crippen molar-refractivity contribution in [3.8, 4) is 17.2 Å². The normalized spacial score (nSPS) is 15.8. The predicted octanol–water partition coefficient (Wildman–Crippen LogP) is 2.62. The fourth-order valence-electron chi connectivity index (χ4n) is 2.90. The van der Waals surface area contributed by atoms with Crippen molar-refractivity contribution in [2.24, 2.45) is 4.99 Å². The number of ketones is 1. The molecule has 3 rings (SSSR count). The first-order chi connectivity index (χ1) is 12.6. The maximum atomic E-state index is 12.9. The number of hydrogen-bond donors (Lipinski definition) is 1. The Morgan fingerprint density at radius 2 is 1.65 bits per heavy atom. The Labute approximate surface area is 152 Å². The van der Waals surface area contributed by atoms with Crippen LogP contribution < -0.4 is 19.5 Å². The average Bonchev–Trinajstić information content (AvgIpc) is 3.16. The summed E-state index contributed by atoms with van der Waals surface area (Å²) >= 11 is 0. The van der Waals surface area contributed by atoms with Gasteiger partial charge >= 0.3 is 0 Å². The lowest BCUT2D eigenvalue weighted by atomic mass is 10.0. The molecule has 0 saturated carbocycles. The molecule has 0 aromatic heterocycles. The van der Waals surface area contributed by atoms with Gasteiger partial charge in [-0.05, 0) is 19.1 Å². The molecule has 1 unspecified atom stereocenters. The van der Waals surface area contributed by atoms with Crippen LogP contribution in [0.4, 0.5) is 0 Å². The standard InChI is InChI=1S/C20H22N2O4/c1-12-5-7-13(8-6-12)20-21-11-15(22-20)18(23)14-9-16(24-2)19(26-4)17(10-14)25-3/h5-10,15H,11H2,1-4H3,(H,21,22). The minimum atomic E-state index is -0.422. The number of nitrogens with zero attached hydrogens (tertiary/aromatic N) is 1. The van der Waals surface area contributed by atoms with Gasteiger partial charge in [0.1, 0.15) is 11.9 Å². The van der Waals surface area contributed by atoms with E-state index in [0.717, 1.165) is 11.4 Å². The van der Waals surface area contributed by atoms with Crippen LogP contribution in [0.25, 0.3) is 0 Å². The van der Waals surface area contributed by atoms with Gasteiger partial charge in [-0.25, -0.2) is 0 Å².